The lowest BCUT2D eigenvalue weighted by molar-refractivity contribution is 0.167. The molecule has 1 aromatic carbocycles. The van der Waals surface area contributed by atoms with Crippen molar-refractivity contribution in [2.75, 3.05) is 26.7 Å². The Hall–Kier alpha value is -0.860. The van der Waals surface area contributed by atoms with Crippen LogP contribution in [0.1, 0.15) is 29.5 Å². The van der Waals surface area contributed by atoms with Gasteiger partial charge in [-0.2, -0.15) is 0 Å². The molecule has 1 unspecified atom stereocenters. The van der Waals surface area contributed by atoms with E-state index in [1.165, 1.54) is 42.6 Å². The summed E-state index contributed by atoms with van der Waals surface area (Å²) in [6.45, 7) is 9.16. The molecule has 2 nitrogen and oxygen atoms in total. The van der Waals surface area contributed by atoms with Crippen LogP contribution in [0.15, 0.2) is 18.2 Å². The Morgan fingerprint density at radius 3 is 2.83 bits per heavy atom. The van der Waals surface area contributed by atoms with Crippen LogP contribution in [-0.4, -0.2) is 31.6 Å². The van der Waals surface area contributed by atoms with E-state index in [4.69, 9.17) is 0 Å². The topological polar surface area (TPSA) is 15.3 Å². The van der Waals surface area contributed by atoms with E-state index in [0.29, 0.717) is 0 Å². The summed E-state index contributed by atoms with van der Waals surface area (Å²) < 4.78 is 0. The number of hydrogen-bond donors (Lipinski definition) is 1. The quantitative estimate of drug-likeness (QED) is 0.879. The van der Waals surface area contributed by atoms with Crippen LogP contribution >= 0.6 is 0 Å². The molecule has 1 N–H and O–H groups in total. The summed E-state index contributed by atoms with van der Waals surface area (Å²) in [5.74, 6) is 0.829. The highest BCUT2D eigenvalue weighted by molar-refractivity contribution is 5.29. The second-order valence-electron chi connectivity index (χ2n) is 5.72. The number of nitrogens with one attached hydrogen (secondary N) is 1. The monoisotopic (exact) mass is 246 g/mol. The third kappa shape index (κ3) is 3.56. The molecule has 0 aromatic heterocycles. The smallest absolute Gasteiger partial charge is 0.0233 e. The maximum Gasteiger partial charge on any atom is 0.0233 e. The van der Waals surface area contributed by atoms with E-state index >= 15 is 0 Å². The van der Waals surface area contributed by atoms with Crippen LogP contribution in [-0.2, 0) is 6.54 Å². The summed E-state index contributed by atoms with van der Waals surface area (Å²) in [7, 11) is 2.06. The summed E-state index contributed by atoms with van der Waals surface area (Å²) in [5, 5.41) is 3.31. The summed E-state index contributed by atoms with van der Waals surface area (Å²) in [6.07, 6.45) is 2.72. The molecule has 100 valence electrons. The van der Waals surface area contributed by atoms with Gasteiger partial charge in [-0.05, 0) is 69.4 Å². The molecular weight excluding hydrogens is 220 g/mol. The summed E-state index contributed by atoms with van der Waals surface area (Å²) >= 11 is 0. The van der Waals surface area contributed by atoms with E-state index in [1.807, 2.05) is 0 Å². The molecule has 0 radical (unpaired) electrons. The average molecular weight is 246 g/mol. The maximum absolute atomic E-state index is 3.31. The lowest BCUT2D eigenvalue weighted by atomic mass is 9.97. The van der Waals surface area contributed by atoms with Gasteiger partial charge in [0.1, 0.15) is 0 Å². The lowest BCUT2D eigenvalue weighted by Crippen LogP contribution is -2.38. The molecule has 18 heavy (non-hydrogen) atoms. The van der Waals surface area contributed by atoms with Crippen molar-refractivity contribution in [3.05, 3.63) is 34.9 Å². The van der Waals surface area contributed by atoms with Crippen molar-refractivity contribution in [2.24, 2.45) is 5.92 Å². The predicted octanol–water partition coefficient (Wildman–Crippen LogP) is 2.73. The van der Waals surface area contributed by atoms with Crippen LogP contribution in [0.2, 0.25) is 0 Å². The number of likely N-dealkylation sites (tertiary alicyclic amines) is 1. The second kappa shape index (κ2) is 6.35. The Bertz CT molecular complexity index is 385. The first kappa shape index (κ1) is 13.6. The van der Waals surface area contributed by atoms with Crippen molar-refractivity contribution in [1.82, 2.24) is 10.2 Å². The largest absolute Gasteiger partial charge is 0.319 e. The Morgan fingerprint density at radius 2 is 2.11 bits per heavy atom. The molecular formula is C16H26N2. The van der Waals surface area contributed by atoms with Gasteiger partial charge in [0.05, 0.1) is 0 Å². The third-order valence-corrected chi connectivity index (χ3v) is 4.07. The first-order chi connectivity index (χ1) is 8.69. The van der Waals surface area contributed by atoms with Gasteiger partial charge in [-0.25, -0.2) is 0 Å². The van der Waals surface area contributed by atoms with Gasteiger partial charge in [-0.15, -0.1) is 0 Å². The molecule has 1 fully saturated rings. The SMILES string of the molecule is CNCC1CCCN(Cc2ccc(C)c(C)c2)C1. The number of nitrogens with zero attached hydrogens (tertiary/aromatic N) is 1. The van der Waals surface area contributed by atoms with Gasteiger partial charge in [-0.3, -0.25) is 4.90 Å². The van der Waals surface area contributed by atoms with Crippen molar-refractivity contribution in [3.63, 3.8) is 0 Å². The van der Waals surface area contributed by atoms with E-state index in [1.54, 1.807) is 0 Å². The first-order valence-electron chi connectivity index (χ1n) is 7.12. The standard InChI is InChI=1S/C16H26N2/c1-13-6-7-15(9-14(13)2)11-18-8-4-5-16(12-18)10-17-3/h6-7,9,16-17H,4-5,8,10-12H2,1-3H3. The molecule has 1 atom stereocenters. The van der Waals surface area contributed by atoms with Gasteiger partial charge < -0.3 is 5.32 Å². The molecule has 1 aliphatic heterocycles. The highest BCUT2D eigenvalue weighted by Gasteiger charge is 2.19. The molecule has 0 aliphatic carbocycles. The number of benzene rings is 1. The van der Waals surface area contributed by atoms with Gasteiger partial charge in [0.25, 0.3) is 0 Å². The highest BCUT2D eigenvalue weighted by atomic mass is 15.1. The fraction of sp³-hybridized carbons (Fsp3) is 0.625. The predicted molar refractivity (Wildman–Crippen MR) is 77.8 cm³/mol. The van der Waals surface area contributed by atoms with Crippen molar-refractivity contribution in [3.8, 4) is 0 Å². The molecule has 0 bridgehead atoms. The van der Waals surface area contributed by atoms with E-state index in [0.717, 1.165) is 19.0 Å². The highest BCUT2D eigenvalue weighted by Crippen LogP contribution is 2.19. The number of piperidine rings is 1. The Balaban J connectivity index is 1.93. The van der Waals surface area contributed by atoms with E-state index in [2.05, 4.69) is 49.3 Å². The van der Waals surface area contributed by atoms with Crippen molar-refractivity contribution < 1.29 is 0 Å². The number of aryl methyl sites for hydroxylation is 2. The molecule has 1 heterocycles. The Labute approximate surface area is 111 Å². The van der Waals surface area contributed by atoms with Crippen LogP contribution in [0.3, 0.4) is 0 Å². The summed E-state index contributed by atoms with van der Waals surface area (Å²) in [6, 6.07) is 6.88. The Kier molecular flexibility index (Phi) is 4.79. The lowest BCUT2D eigenvalue weighted by Gasteiger charge is -2.32. The normalized spacial score (nSPS) is 21.2. The molecule has 1 aliphatic rings. The molecule has 2 rings (SSSR count). The zero-order valence-corrected chi connectivity index (χ0v) is 12.0. The minimum absolute atomic E-state index is 0.829. The molecule has 1 saturated heterocycles. The number of hydrogen-bond acceptors (Lipinski definition) is 2. The summed E-state index contributed by atoms with van der Waals surface area (Å²) in [5.41, 5.74) is 4.27. The zero-order chi connectivity index (χ0) is 13.0. The van der Waals surface area contributed by atoms with Crippen LogP contribution in [0.4, 0.5) is 0 Å². The molecule has 0 spiro atoms. The first-order valence-corrected chi connectivity index (χ1v) is 7.12. The zero-order valence-electron chi connectivity index (χ0n) is 12.0. The van der Waals surface area contributed by atoms with Crippen molar-refractivity contribution >= 4 is 0 Å². The molecule has 1 aromatic rings. The minimum atomic E-state index is 0.829. The van der Waals surface area contributed by atoms with E-state index < -0.39 is 0 Å². The van der Waals surface area contributed by atoms with Crippen molar-refractivity contribution in [1.29, 1.82) is 0 Å². The van der Waals surface area contributed by atoms with E-state index in [9.17, 15) is 0 Å². The third-order valence-electron chi connectivity index (χ3n) is 4.07. The van der Waals surface area contributed by atoms with Gasteiger partial charge in [0.15, 0.2) is 0 Å². The molecule has 0 saturated carbocycles. The second-order valence-corrected chi connectivity index (χ2v) is 5.72. The molecule has 2 heteroatoms. The van der Waals surface area contributed by atoms with Gasteiger partial charge in [0, 0.05) is 13.1 Å². The van der Waals surface area contributed by atoms with Crippen LogP contribution in [0.25, 0.3) is 0 Å². The van der Waals surface area contributed by atoms with Gasteiger partial charge in [-0.1, -0.05) is 18.2 Å². The average Bonchev–Trinajstić information content (AvgIpc) is 2.35. The molecule has 0 amide bonds. The fourth-order valence-corrected chi connectivity index (χ4v) is 2.91. The number of rotatable bonds is 4. The van der Waals surface area contributed by atoms with E-state index in [-0.39, 0.29) is 0 Å². The Morgan fingerprint density at radius 1 is 1.28 bits per heavy atom. The van der Waals surface area contributed by atoms with Crippen LogP contribution in [0.5, 0.6) is 0 Å². The maximum atomic E-state index is 3.31. The van der Waals surface area contributed by atoms with Crippen molar-refractivity contribution in [2.45, 2.75) is 33.2 Å². The fourth-order valence-electron chi connectivity index (χ4n) is 2.91. The van der Waals surface area contributed by atoms with Crippen LogP contribution in [0, 0.1) is 19.8 Å². The van der Waals surface area contributed by atoms with Crippen LogP contribution < -0.4 is 5.32 Å². The minimum Gasteiger partial charge on any atom is -0.319 e. The van der Waals surface area contributed by atoms with Gasteiger partial charge >= 0.3 is 0 Å². The summed E-state index contributed by atoms with van der Waals surface area (Å²) in [4.78, 5) is 2.61. The van der Waals surface area contributed by atoms with Gasteiger partial charge in [0.2, 0.25) is 0 Å².